The van der Waals surface area contributed by atoms with E-state index in [1.54, 1.807) is 34.3 Å². The first-order valence-corrected chi connectivity index (χ1v) is 7.88. The zero-order chi connectivity index (χ0) is 14.6. The molecule has 0 heterocycles. The molecule has 5 nitrogen and oxygen atoms in total. The van der Waals surface area contributed by atoms with Crippen molar-refractivity contribution in [1.82, 2.24) is 5.32 Å². The monoisotopic (exact) mass is 287 g/mol. The van der Waals surface area contributed by atoms with Crippen molar-refractivity contribution in [2.75, 3.05) is 27.5 Å². The summed E-state index contributed by atoms with van der Waals surface area (Å²) in [6, 6.07) is 5.05. The van der Waals surface area contributed by atoms with Gasteiger partial charge < -0.3 is 14.8 Å². The van der Waals surface area contributed by atoms with E-state index >= 15 is 0 Å². The second-order valence-corrected chi connectivity index (χ2v) is 6.85. The molecule has 1 aromatic carbocycles. The third kappa shape index (κ3) is 3.84. The fraction of sp³-hybridized carbons (Fsp3) is 0.538. The second-order valence-electron chi connectivity index (χ2n) is 4.45. The highest BCUT2D eigenvalue weighted by Crippen LogP contribution is 2.29. The standard InChI is InChI=1S/C13H21NO4S/c1-9(19(5,15)16)13(14-2)10-6-11(17-3)8-12(7-10)18-4/h6-9,13-14H,1-5H3. The van der Waals surface area contributed by atoms with Crippen LogP contribution in [-0.2, 0) is 9.84 Å². The maximum absolute atomic E-state index is 11.7. The van der Waals surface area contributed by atoms with Gasteiger partial charge in [-0.3, -0.25) is 0 Å². The van der Waals surface area contributed by atoms with E-state index in [0.29, 0.717) is 11.5 Å². The van der Waals surface area contributed by atoms with Crippen LogP contribution in [0.5, 0.6) is 11.5 Å². The highest BCUT2D eigenvalue weighted by atomic mass is 32.2. The molecule has 0 bridgehead atoms. The lowest BCUT2D eigenvalue weighted by molar-refractivity contribution is 0.391. The van der Waals surface area contributed by atoms with Crippen LogP contribution in [0.3, 0.4) is 0 Å². The molecule has 1 aromatic rings. The van der Waals surface area contributed by atoms with Gasteiger partial charge in [0.15, 0.2) is 9.84 Å². The minimum atomic E-state index is -3.15. The molecule has 0 fully saturated rings. The number of benzene rings is 1. The molecule has 0 aliphatic carbocycles. The van der Waals surface area contributed by atoms with Gasteiger partial charge in [0.1, 0.15) is 11.5 Å². The van der Waals surface area contributed by atoms with E-state index in [-0.39, 0.29) is 6.04 Å². The largest absolute Gasteiger partial charge is 0.497 e. The molecule has 0 aromatic heterocycles. The summed E-state index contributed by atoms with van der Waals surface area (Å²) in [5, 5.41) is 2.49. The Kier molecular flexibility index (Phi) is 5.20. The summed E-state index contributed by atoms with van der Waals surface area (Å²) in [6.45, 7) is 1.68. The fourth-order valence-corrected chi connectivity index (χ4v) is 2.72. The maximum Gasteiger partial charge on any atom is 0.151 e. The normalized spacial score (nSPS) is 14.8. The van der Waals surface area contributed by atoms with Gasteiger partial charge >= 0.3 is 0 Å². The Morgan fingerprint density at radius 3 is 1.89 bits per heavy atom. The molecule has 1 N–H and O–H groups in total. The van der Waals surface area contributed by atoms with Crippen molar-refractivity contribution >= 4 is 9.84 Å². The average molecular weight is 287 g/mol. The van der Waals surface area contributed by atoms with Crippen molar-refractivity contribution < 1.29 is 17.9 Å². The molecule has 1 rings (SSSR count). The summed E-state index contributed by atoms with van der Waals surface area (Å²) in [7, 11) is 1.71. The van der Waals surface area contributed by atoms with Gasteiger partial charge in [-0.2, -0.15) is 0 Å². The highest BCUT2D eigenvalue weighted by molar-refractivity contribution is 7.91. The molecule has 2 unspecified atom stereocenters. The summed E-state index contributed by atoms with van der Waals surface area (Å²) in [5.74, 6) is 1.27. The third-order valence-corrected chi connectivity index (χ3v) is 4.81. The zero-order valence-corrected chi connectivity index (χ0v) is 12.7. The molecule has 0 saturated carbocycles. The van der Waals surface area contributed by atoms with Crippen molar-refractivity contribution in [3.63, 3.8) is 0 Å². The molecule has 0 spiro atoms. The van der Waals surface area contributed by atoms with Gasteiger partial charge in [0.05, 0.1) is 19.5 Å². The molecule has 6 heteroatoms. The number of ether oxygens (including phenoxy) is 2. The predicted octanol–water partition coefficient (Wildman–Crippen LogP) is 1.40. The Morgan fingerprint density at radius 1 is 1.11 bits per heavy atom. The van der Waals surface area contributed by atoms with E-state index in [1.165, 1.54) is 6.26 Å². The van der Waals surface area contributed by atoms with Crippen LogP contribution < -0.4 is 14.8 Å². The Balaban J connectivity index is 3.25. The third-order valence-electron chi connectivity index (χ3n) is 3.19. The van der Waals surface area contributed by atoms with Crippen LogP contribution in [0.1, 0.15) is 18.5 Å². The number of hydrogen-bond acceptors (Lipinski definition) is 5. The molecule has 0 radical (unpaired) electrons. The van der Waals surface area contributed by atoms with Crippen molar-refractivity contribution in [2.45, 2.75) is 18.2 Å². The van der Waals surface area contributed by atoms with Gasteiger partial charge in [0, 0.05) is 18.4 Å². The predicted molar refractivity (Wildman–Crippen MR) is 75.7 cm³/mol. The van der Waals surface area contributed by atoms with Crippen LogP contribution in [-0.4, -0.2) is 41.2 Å². The van der Waals surface area contributed by atoms with Gasteiger partial charge in [0.2, 0.25) is 0 Å². The van der Waals surface area contributed by atoms with Crippen LogP contribution in [0.25, 0.3) is 0 Å². The molecule has 0 amide bonds. The topological polar surface area (TPSA) is 64.6 Å². The Bertz CT molecular complexity index is 505. The van der Waals surface area contributed by atoms with Gasteiger partial charge in [-0.15, -0.1) is 0 Å². The van der Waals surface area contributed by atoms with Gasteiger partial charge in [-0.1, -0.05) is 0 Å². The van der Waals surface area contributed by atoms with Crippen LogP contribution >= 0.6 is 0 Å². The summed E-state index contributed by atoms with van der Waals surface area (Å²) in [5.41, 5.74) is 0.816. The minimum Gasteiger partial charge on any atom is -0.497 e. The number of nitrogens with one attached hydrogen (secondary N) is 1. The van der Waals surface area contributed by atoms with E-state index in [4.69, 9.17) is 9.47 Å². The van der Waals surface area contributed by atoms with Crippen molar-refractivity contribution in [3.05, 3.63) is 23.8 Å². The average Bonchev–Trinajstić information content (AvgIpc) is 2.37. The molecule has 0 aliphatic heterocycles. The first kappa shape index (κ1) is 15.8. The van der Waals surface area contributed by atoms with Gasteiger partial charge in [-0.05, 0) is 31.7 Å². The first-order chi connectivity index (χ1) is 8.83. The fourth-order valence-electron chi connectivity index (χ4n) is 1.93. The summed E-state index contributed by atoms with van der Waals surface area (Å²) < 4.78 is 33.8. The lowest BCUT2D eigenvalue weighted by atomic mass is 10.0. The smallest absolute Gasteiger partial charge is 0.151 e. The number of hydrogen-bond donors (Lipinski definition) is 1. The summed E-state index contributed by atoms with van der Waals surface area (Å²) in [4.78, 5) is 0. The van der Waals surface area contributed by atoms with Crippen LogP contribution in [0.2, 0.25) is 0 Å². The maximum atomic E-state index is 11.7. The summed E-state index contributed by atoms with van der Waals surface area (Å²) >= 11 is 0. The molecule has 108 valence electrons. The number of rotatable bonds is 6. The van der Waals surface area contributed by atoms with E-state index in [1.807, 2.05) is 12.1 Å². The van der Waals surface area contributed by atoms with Crippen LogP contribution in [0, 0.1) is 0 Å². The zero-order valence-electron chi connectivity index (χ0n) is 11.9. The van der Waals surface area contributed by atoms with Gasteiger partial charge in [-0.25, -0.2) is 8.42 Å². The Labute approximate surface area is 114 Å². The van der Waals surface area contributed by atoms with Crippen LogP contribution in [0.4, 0.5) is 0 Å². The highest BCUT2D eigenvalue weighted by Gasteiger charge is 2.26. The van der Waals surface area contributed by atoms with E-state index in [0.717, 1.165) is 5.56 Å². The molecule has 19 heavy (non-hydrogen) atoms. The molecule has 0 saturated heterocycles. The SMILES string of the molecule is CNC(c1cc(OC)cc(OC)c1)C(C)S(C)(=O)=O. The second kappa shape index (κ2) is 6.25. The van der Waals surface area contributed by atoms with Crippen molar-refractivity contribution in [1.29, 1.82) is 0 Å². The van der Waals surface area contributed by atoms with E-state index < -0.39 is 15.1 Å². The summed E-state index contributed by atoms with van der Waals surface area (Å²) in [6.07, 6.45) is 1.24. The Hall–Kier alpha value is -1.27. The van der Waals surface area contributed by atoms with E-state index in [2.05, 4.69) is 5.32 Å². The molecule has 2 atom stereocenters. The lowest BCUT2D eigenvalue weighted by Crippen LogP contribution is -2.33. The Morgan fingerprint density at radius 2 is 1.58 bits per heavy atom. The molecule has 0 aliphatic rings. The number of methoxy groups -OCH3 is 2. The first-order valence-electron chi connectivity index (χ1n) is 5.92. The molecular weight excluding hydrogens is 266 g/mol. The van der Waals surface area contributed by atoms with Crippen molar-refractivity contribution in [2.24, 2.45) is 0 Å². The molecular formula is C13H21NO4S. The number of sulfone groups is 1. The van der Waals surface area contributed by atoms with Crippen molar-refractivity contribution in [3.8, 4) is 11.5 Å². The van der Waals surface area contributed by atoms with Gasteiger partial charge in [0.25, 0.3) is 0 Å². The van der Waals surface area contributed by atoms with Crippen LogP contribution in [0.15, 0.2) is 18.2 Å². The lowest BCUT2D eigenvalue weighted by Gasteiger charge is -2.23. The minimum absolute atomic E-state index is 0.320. The quantitative estimate of drug-likeness (QED) is 0.856. The van der Waals surface area contributed by atoms with E-state index in [9.17, 15) is 8.42 Å².